The zero-order chi connectivity index (χ0) is 17.4. The molecule has 0 radical (unpaired) electrons. The molecule has 0 aromatic heterocycles. The Morgan fingerprint density at radius 2 is 1.96 bits per heavy atom. The van der Waals surface area contributed by atoms with Crippen molar-refractivity contribution in [3.05, 3.63) is 35.9 Å². The fraction of sp³-hybridized carbons (Fsp3) is 0.556. The first-order valence-corrected chi connectivity index (χ1v) is 8.38. The maximum absolute atomic E-state index is 11.8. The van der Waals surface area contributed by atoms with Gasteiger partial charge in [-0.2, -0.15) is 0 Å². The number of hydrogen-bond donors (Lipinski definition) is 2. The molecular weight excluding hydrogens is 310 g/mol. The Labute approximate surface area is 142 Å². The minimum absolute atomic E-state index is 0.0217. The third-order valence-electron chi connectivity index (χ3n) is 4.36. The van der Waals surface area contributed by atoms with Crippen molar-refractivity contribution in [3.63, 3.8) is 0 Å². The lowest BCUT2D eigenvalue weighted by atomic mass is 9.92. The lowest BCUT2D eigenvalue weighted by molar-refractivity contribution is -0.144. The van der Waals surface area contributed by atoms with E-state index in [4.69, 9.17) is 9.47 Å². The van der Waals surface area contributed by atoms with E-state index in [0.29, 0.717) is 19.6 Å². The molecule has 24 heavy (non-hydrogen) atoms. The van der Waals surface area contributed by atoms with Gasteiger partial charge in [-0.25, -0.2) is 4.79 Å². The van der Waals surface area contributed by atoms with Crippen molar-refractivity contribution >= 4 is 12.1 Å². The predicted molar refractivity (Wildman–Crippen MR) is 88.1 cm³/mol. The molecule has 0 unspecified atom stereocenters. The fourth-order valence-corrected chi connectivity index (χ4v) is 3.09. The second-order valence-electron chi connectivity index (χ2n) is 6.02. The summed E-state index contributed by atoms with van der Waals surface area (Å²) < 4.78 is 10.1. The molecule has 1 aromatic rings. The highest BCUT2D eigenvalue weighted by Crippen LogP contribution is 2.34. The molecule has 1 aromatic carbocycles. The van der Waals surface area contributed by atoms with Gasteiger partial charge in [-0.15, -0.1) is 0 Å². The molecule has 0 saturated heterocycles. The van der Waals surface area contributed by atoms with E-state index in [-0.39, 0.29) is 30.8 Å². The van der Waals surface area contributed by atoms with Crippen LogP contribution in [0.2, 0.25) is 0 Å². The lowest BCUT2D eigenvalue weighted by Gasteiger charge is -2.21. The molecule has 1 aliphatic rings. The van der Waals surface area contributed by atoms with Crippen molar-refractivity contribution in [3.8, 4) is 0 Å². The van der Waals surface area contributed by atoms with Crippen LogP contribution in [-0.2, 0) is 20.9 Å². The molecule has 2 rings (SSSR count). The molecule has 132 valence electrons. The van der Waals surface area contributed by atoms with E-state index in [2.05, 4.69) is 5.32 Å². The molecule has 1 fully saturated rings. The van der Waals surface area contributed by atoms with Crippen molar-refractivity contribution in [1.29, 1.82) is 0 Å². The number of carbonyl (C=O) groups excluding carboxylic acids is 2. The summed E-state index contributed by atoms with van der Waals surface area (Å²) in [5, 5.41) is 12.8. The van der Waals surface area contributed by atoms with E-state index in [1.165, 1.54) is 0 Å². The minimum atomic E-state index is -0.521. The molecule has 1 aliphatic carbocycles. The number of aliphatic hydroxyl groups is 1. The highest BCUT2D eigenvalue weighted by molar-refractivity contribution is 5.70. The number of benzene rings is 1. The van der Waals surface area contributed by atoms with Crippen LogP contribution in [-0.4, -0.2) is 36.4 Å². The van der Waals surface area contributed by atoms with Gasteiger partial charge in [0.15, 0.2) is 0 Å². The Bertz CT molecular complexity index is 533. The number of carbonyl (C=O) groups is 2. The molecule has 0 spiro atoms. The van der Waals surface area contributed by atoms with Gasteiger partial charge < -0.3 is 19.9 Å². The topological polar surface area (TPSA) is 84.9 Å². The Kier molecular flexibility index (Phi) is 7.06. The summed E-state index contributed by atoms with van der Waals surface area (Å²) in [6, 6.07) is 9.42. The van der Waals surface area contributed by atoms with Crippen LogP contribution < -0.4 is 5.32 Å². The van der Waals surface area contributed by atoms with Crippen LogP contribution in [0.3, 0.4) is 0 Å². The van der Waals surface area contributed by atoms with Crippen LogP contribution >= 0.6 is 0 Å². The van der Waals surface area contributed by atoms with Crippen molar-refractivity contribution in [2.75, 3.05) is 13.2 Å². The monoisotopic (exact) mass is 335 g/mol. The van der Waals surface area contributed by atoms with Gasteiger partial charge >= 0.3 is 12.1 Å². The van der Waals surface area contributed by atoms with Crippen LogP contribution in [0.1, 0.15) is 31.7 Å². The number of alkyl carbamates (subject to hydrolysis) is 1. The van der Waals surface area contributed by atoms with Crippen LogP contribution in [0, 0.1) is 11.8 Å². The summed E-state index contributed by atoms with van der Waals surface area (Å²) >= 11 is 0. The van der Waals surface area contributed by atoms with Gasteiger partial charge in [-0.1, -0.05) is 30.3 Å². The average Bonchev–Trinajstić information content (AvgIpc) is 2.92. The zero-order valence-corrected chi connectivity index (χ0v) is 13.9. The quantitative estimate of drug-likeness (QED) is 0.747. The molecule has 1 saturated carbocycles. The summed E-state index contributed by atoms with van der Waals surface area (Å²) in [4.78, 5) is 23.4. The summed E-state index contributed by atoms with van der Waals surface area (Å²) in [7, 11) is 0. The van der Waals surface area contributed by atoms with Crippen molar-refractivity contribution in [2.24, 2.45) is 11.8 Å². The largest absolute Gasteiger partial charge is 0.466 e. The van der Waals surface area contributed by atoms with Gasteiger partial charge in [-0.3, -0.25) is 4.79 Å². The molecule has 1 amide bonds. The number of ether oxygens (including phenoxy) is 2. The Morgan fingerprint density at radius 3 is 2.67 bits per heavy atom. The number of amides is 1. The first-order valence-electron chi connectivity index (χ1n) is 8.38. The minimum Gasteiger partial charge on any atom is -0.466 e. The van der Waals surface area contributed by atoms with Gasteiger partial charge in [0.1, 0.15) is 6.61 Å². The molecule has 0 bridgehead atoms. The molecule has 6 nitrogen and oxygen atoms in total. The van der Waals surface area contributed by atoms with E-state index in [0.717, 1.165) is 12.0 Å². The maximum Gasteiger partial charge on any atom is 0.407 e. The van der Waals surface area contributed by atoms with E-state index in [1.807, 2.05) is 30.3 Å². The van der Waals surface area contributed by atoms with Crippen molar-refractivity contribution in [1.82, 2.24) is 5.32 Å². The number of hydrogen-bond acceptors (Lipinski definition) is 5. The van der Waals surface area contributed by atoms with Crippen LogP contribution in [0.4, 0.5) is 4.79 Å². The first kappa shape index (κ1) is 18.3. The van der Waals surface area contributed by atoms with E-state index in [9.17, 15) is 14.7 Å². The van der Waals surface area contributed by atoms with E-state index < -0.39 is 12.2 Å². The van der Waals surface area contributed by atoms with E-state index >= 15 is 0 Å². The summed E-state index contributed by atoms with van der Waals surface area (Å²) in [6.45, 7) is 2.61. The normalized spacial score (nSPS) is 22.8. The van der Waals surface area contributed by atoms with E-state index in [1.54, 1.807) is 6.92 Å². The fourth-order valence-electron chi connectivity index (χ4n) is 3.09. The van der Waals surface area contributed by atoms with Gasteiger partial charge in [0.05, 0.1) is 12.7 Å². The summed E-state index contributed by atoms with van der Waals surface area (Å²) in [6.07, 6.45) is 0.628. The first-order chi connectivity index (χ1) is 11.6. The third kappa shape index (κ3) is 5.53. The molecule has 0 heterocycles. The predicted octanol–water partition coefficient (Wildman–Crippen LogP) is 2.25. The summed E-state index contributed by atoms with van der Waals surface area (Å²) in [5.74, 6) is -0.389. The number of rotatable bonds is 7. The Balaban J connectivity index is 1.76. The lowest BCUT2D eigenvalue weighted by Crippen LogP contribution is -2.36. The average molecular weight is 335 g/mol. The number of esters is 1. The number of nitrogens with one attached hydrogen (secondary N) is 1. The van der Waals surface area contributed by atoms with Gasteiger partial charge in [0.25, 0.3) is 0 Å². The molecular formula is C18H25NO5. The van der Waals surface area contributed by atoms with Gasteiger partial charge in [0, 0.05) is 18.9 Å². The molecule has 0 aliphatic heterocycles. The van der Waals surface area contributed by atoms with Crippen molar-refractivity contribution < 1.29 is 24.2 Å². The number of aliphatic hydroxyl groups excluding tert-OH is 1. The van der Waals surface area contributed by atoms with Crippen molar-refractivity contribution in [2.45, 2.75) is 38.9 Å². The zero-order valence-electron chi connectivity index (χ0n) is 13.9. The second-order valence-corrected chi connectivity index (χ2v) is 6.02. The maximum atomic E-state index is 11.8. The highest BCUT2D eigenvalue weighted by atomic mass is 16.5. The second kappa shape index (κ2) is 9.27. The Hall–Kier alpha value is -2.08. The Morgan fingerprint density at radius 1 is 1.21 bits per heavy atom. The van der Waals surface area contributed by atoms with Gasteiger partial charge in [0.2, 0.25) is 0 Å². The van der Waals surface area contributed by atoms with Crippen LogP contribution in [0.15, 0.2) is 30.3 Å². The van der Waals surface area contributed by atoms with Gasteiger partial charge in [-0.05, 0) is 31.2 Å². The highest BCUT2D eigenvalue weighted by Gasteiger charge is 2.36. The summed E-state index contributed by atoms with van der Waals surface area (Å²) in [5.41, 5.74) is 0.911. The third-order valence-corrected chi connectivity index (χ3v) is 4.36. The SMILES string of the molecule is CCOC(=O)C[C@H]1CC[C@@H](O)[C@H]1CNC(=O)OCc1ccccc1. The molecule has 3 atom stereocenters. The van der Waals surface area contributed by atoms with Crippen LogP contribution in [0.25, 0.3) is 0 Å². The molecule has 6 heteroatoms. The molecule has 2 N–H and O–H groups in total. The standard InChI is InChI=1S/C18H25NO5/c1-2-23-17(21)10-14-8-9-16(20)15(14)11-19-18(22)24-12-13-6-4-3-5-7-13/h3-7,14-16,20H,2,8-12H2,1H3,(H,19,22)/t14-,15+,16-/m1/s1. The smallest absolute Gasteiger partial charge is 0.407 e. The van der Waals surface area contributed by atoms with Crippen LogP contribution in [0.5, 0.6) is 0 Å².